The number of amides is 1. The van der Waals surface area contributed by atoms with Gasteiger partial charge in [0.05, 0.1) is 35.4 Å². The minimum atomic E-state index is -0.949. The van der Waals surface area contributed by atoms with Gasteiger partial charge in [0.15, 0.2) is 0 Å². The molecule has 0 aliphatic rings. The first-order valence-corrected chi connectivity index (χ1v) is 12.4. The molecule has 0 aliphatic heterocycles. The van der Waals surface area contributed by atoms with Crippen molar-refractivity contribution in [2.75, 3.05) is 0 Å². The van der Waals surface area contributed by atoms with Crippen LogP contribution in [0.15, 0.2) is 55.2 Å². The summed E-state index contributed by atoms with van der Waals surface area (Å²) in [7, 11) is 3.77. The Morgan fingerprint density at radius 1 is 0.895 bits per heavy atom. The third-order valence-electron chi connectivity index (χ3n) is 6.03. The first kappa shape index (κ1) is 28.6. The Morgan fingerprint density at radius 2 is 1.53 bits per heavy atom. The standard InChI is InChI=1S/C16H23N5O2.C11H14N4/c1-9-13(8-21(4)20-9)12-5-6-14(18-7-12)10(2)19-16(23)15(17)11(3)22;1-8(12)11-4-3-9(5-13-11)10-6-14-15(2)7-10/h5-8,10-11,15,22H,17H2,1-4H3,(H,19,23);3-8H,12H2,1-2H3/t10-,11-,15+;8-/m10/s1. The predicted molar refractivity (Wildman–Crippen MR) is 146 cm³/mol. The van der Waals surface area contributed by atoms with Crippen molar-refractivity contribution < 1.29 is 9.90 Å². The third kappa shape index (κ3) is 7.31. The third-order valence-corrected chi connectivity index (χ3v) is 6.03. The van der Waals surface area contributed by atoms with E-state index in [0.29, 0.717) is 0 Å². The van der Waals surface area contributed by atoms with Gasteiger partial charge in [-0.25, -0.2) is 0 Å². The molecule has 4 atom stereocenters. The fraction of sp³-hybridized carbons (Fsp3) is 0.370. The van der Waals surface area contributed by atoms with Crippen LogP contribution < -0.4 is 16.8 Å². The number of pyridine rings is 2. The summed E-state index contributed by atoms with van der Waals surface area (Å²) in [5.74, 6) is -0.401. The van der Waals surface area contributed by atoms with E-state index in [9.17, 15) is 9.90 Å². The number of aryl methyl sites for hydroxylation is 3. The molecule has 0 fully saturated rings. The van der Waals surface area contributed by atoms with Crippen LogP contribution in [-0.4, -0.2) is 52.7 Å². The van der Waals surface area contributed by atoms with Gasteiger partial charge in [0.25, 0.3) is 0 Å². The predicted octanol–water partition coefficient (Wildman–Crippen LogP) is 2.18. The van der Waals surface area contributed by atoms with Crippen molar-refractivity contribution in [2.45, 2.75) is 51.9 Å². The average molecular weight is 520 g/mol. The van der Waals surface area contributed by atoms with Crippen molar-refractivity contribution in [2.24, 2.45) is 25.6 Å². The minimum Gasteiger partial charge on any atom is -0.391 e. The van der Waals surface area contributed by atoms with Gasteiger partial charge in [-0.1, -0.05) is 12.1 Å². The van der Waals surface area contributed by atoms with Gasteiger partial charge in [0, 0.05) is 67.2 Å². The number of nitrogens with one attached hydrogen (secondary N) is 1. The van der Waals surface area contributed by atoms with E-state index in [0.717, 1.165) is 39.3 Å². The van der Waals surface area contributed by atoms with Crippen LogP contribution in [0, 0.1) is 6.92 Å². The molecule has 4 rings (SSSR count). The molecule has 0 aliphatic carbocycles. The van der Waals surface area contributed by atoms with Gasteiger partial charge in [0.2, 0.25) is 5.91 Å². The Balaban J connectivity index is 0.000000230. The summed E-state index contributed by atoms with van der Waals surface area (Å²) < 4.78 is 3.54. The quantitative estimate of drug-likeness (QED) is 0.289. The lowest BCUT2D eigenvalue weighted by molar-refractivity contribution is -0.125. The number of hydrogen-bond acceptors (Lipinski definition) is 8. The zero-order valence-corrected chi connectivity index (χ0v) is 22.7. The van der Waals surface area contributed by atoms with Gasteiger partial charge in [-0.2, -0.15) is 10.2 Å². The topological polar surface area (TPSA) is 163 Å². The second-order valence-electron chi connectivity index (χ2n) is 9.43. The highest BCUT2D eigenvalue weighted by atomic mass is 16.3. The Bertz CT molecular complexity index is 1330. The molecular weight excluding hydrogens is 482 g/mol. The Labute approximate surface area is 222 Å². The van der Waals surface area contributed by atoms with E-state index in [1.165, 1.54) is 6.92 Å². The van der Waals surface area contributed by atoms with Crippen molar-refractivity contribution in [3.63, 3.8) is 0 Å². The van der Waals surface area contributed by atoms with E-state index < -0.39 is 18.1 Å². The Kier molecular flexibility index (Phi) is 9.45. The molecule has 1 amide bonds. The molecule has 38 heavy (non-hydrogen) atoms. The molecule has 0 unspecified atom stereocenters. The summed E-state index contributed by atoms with van der Waals surface area (Å²) in [6.45, 7) is 7.18. The zero-order valence-electron chi connectivity index (χ0n) is 22.7. The van der Waals surface area contributed by atoms with Gasteiger partial charge < -0.3 is 21.9 Å². The smallest absolute Gasteiger partial charge is 0.240 e. The lowest BCUT2D eigenvalue weighted by Gasteiger charge is -2.19. The normalized spacial score (nSPS) is 14.1. The van der Waals surface area contributed by atoms with E-state index in [4.69, 9.17) is 11.5 Å². The van der Waals surface area contributed by atoms with E-state index in [1.54, 1.807) is 15.6 Å². The van der Waals surface area contributed by atoms with Gasteiger partial charge in [-0.05, 0) is 39.8 Å². The van der Waals surface area contributed by atoms with Crippen molar-refractivity contribution in [1.29, 1.82) is 0 Å². The van der Waals surface area contributed by atoms with Crippen molar-refractivity contribution in [3.8, 4) is 22.3 Å². The maximum atomic E-state index is 11.9. The number of aromatic nitrogens is 6. The fourth-order valence-electron chi connectivity index (χ4n) is 3.72. The molecule has 202 valence electrons. The van der Waals surface area contributed by atoms with E-state index in [2.05, 4.69) is 25.5 Å². The molecule has 4 heterocycles. The van der Waals surface area contributed by atoms with Crippen LogP contribution >= 0.6 is 0 Å². The molecular formula is C27H37N9O2. The molecule has 0 saturated carbocycles. The number of nitrogens with zero attached hydrogens (tertiary/aromatic N) is 6. The highest BCUT2D eigenvalue weighted by Crippen LogP contribution is 2.23. The summed E-state index contributed by atoms with van der Waals surface area (Å²) in [5, 5.41) is 20.5. The second-order valence-corrected chi connectivity index (χ2v) is 9.43. The SMILES string of the molecule is C[C@H](N)c1ccc(-c2cnn(C)c2)cn1.Cc1nn(C)cc1-c1ccc([C@@H](C)NC(=O)[C@@H](N)[C@@H](C)O)nc1. The first-order valence-electron chi connectivity index (χ1n) is 12.4. The molecule has 11 heteroatoms. The highest BCUT2D eigenvalue weighted by Gasteiger charge is 2.21. The van der Waals surface area contributed by atoms with Crippen LogP contribution in [0.25, 0.3) is 22.3 Å². The van der Waals surface area contributed by atoms with Crippen LogP contribution in [-0.2, 0) is 18.9 Å². The zero-order chi connectivity index (χ0) is 28.0. The highest BCUT2D eigenvalue weighted by molar-refractivity contribution is 5.82. The van der Waals surface area contributed by atoms with Crippen LogP contribution in [0.3, 0.4) is 0 Å². The van der Waals surface area contributed by atoms with Crippen molar-refractivity contribution >= 4 is 5.91 Å². The molecule has 6 N–H and O–H groups in total. The summed E-state index contributed by atoms with van der Waals surface area (Å²) in [6, 6.07) is 6.51. The maximum absolute atomic E-state index is 11.9. The van der Waals surface area contributed by atoms with E-state index in [-0.39, 0.29) is 12.1 Å². The van der Waals surface area contributed by atoms with Gasteiger partial charge in [0.1, 0.15) is 6.04 Å². The summed E-state index contributed by atoms with van der Waals surface area (Å²) >= 11 is 0. The molecule has 4 aromatic rings. The first-order chi connectivity index (χ1) is 18.0. The lowest BCUT2D eigenvalue weighted by atomic mass is 10.1. The second kappa shape index (κ2) is 12.5. The van der Waals surface area contributed by atoms with E-state index >= 15 is 0 Å². The molecule has 4 aromatic heterocycles. The van der Waals surface area contributed by atoms with Crippen molar-refractivity contribution in [1.82, 2.24) is 34.8 Å². The number of carbonyl (C=O) groups is 1. The number of aliphatic hydroxyl groups excluding tert-OH is 1. The van der Waals surface area contributed by atoms with Crippen LogP contribution in [0.2, 0.25) is 0 Å². The van der Waals surface area contributed by atoms with E-state index in [1.807, 2.05) is 83.9 Å². The fourth-order valence-corrected chi connectivity index (χ4v) is 3.72. The molecule has 0 bridgehead atoms. The summed E-state index contributed by atoms with van der Waals surface area (Å²) in [4.78, 5) is 20.6. The van der Waals surface area contributed by atoms with Crippen molar-refractivity contribution in [3.05, 3.63) is 72.3 Å². The molecule has 0 radical (unpaired) electrons. The molecule has 0 spiro atoms. The van der Waals surface area contributed by atoms with Crippen LogP contribution in [0.1, 0.15) is 49.9 Å². The maximum Gasteiger partial charge on any atom is 0.240 e. The number of hydrogen-bond donors (Lipinski definition) is 4. The summed E-state index contributed by atoms with van der Waals surface area (Å²) in [5.41, 5.74) is 18.0. The monoisotopic (exact) mass is 519 g/mol. The lowest BCUT2D eigenvalue weighted by Crippen LogP contribution is -2.47. The van der Waals surface area contributed by atoms with Gasteiger partial charge >= 0.3 is 0 Å². The Morgan fingerprint density at radius 3 is 2.00 bits per heavy atom. The Hall–Kier alpha value is -3.93. The summed E-state index contributed by atoms with van der Waals surface area (Å²) in [6.07, 6.45) is 8.42. The average Bonchev–Trinajstić information content (AvgIpc) is 3.48. The number of nitrogens with two attached hydrogens (primary N) is 2. The van der Waals surface area contributed by atoms with Crippen LogP contribution in [0.5, 0.6) is 0 Å². The van der Waals surface area contributed by atoms with Crippen LogP contribution in [0.4, 0.5) is 0 Å². The van der Waals surface area contributed by atoms with Gasteiger partial charge in [-0.3, -0.25) is 24.1 Å². The molecule has 0 saturated heterocycles. The minimum absolute atomic E-state index is 0.0204. The number of rotatable bonds is 7. The molecule has 0 aromatic carbocycles. The van der Waals surface area contributed by atoms with Gasteiger partial charge in [-0.15, -0.1) is 0 Å². The largest absolute Gasteiger partial charge is 0.391 e. The number of aliphatic hydroxyl groups is 1. The molecule has 11 nitrogen and oxygen atoms in total. The number of carbonyl (C=O) groups excluding carboxylic acids is 1.